The van der Waals surface area contributed by atoms with Crippen LogP contribution in [0, 0.1) is 9.49 Å². The molecule has 0 aromatic heterocycles. The van der Waals surface area contributed by atoms with Crippen molar-refractivity contribution in [3.8, 4) is 5.75 Å². The van der Waals surface area contributed by atoms with Crippen molar-refractivity contribution in [2.24, 2.45) is 5.92 Å². The van der Waals surface area contributed by atoms with Crippen LogP contribution in [0.2, 0.25) is 0 Å². The molecule has 0 radical (unpaired) electrons. The molecule has 1 aliphatic rings. The van der Waals surface area contributed by atoms with Gasteiger partial charge in [0.15, 0.2) is 0 Å². The SMILES string of the molecule is CCCC(=O)N(CCC(C)C)C1CC(C(=O)NCCO)=CC(Oc2ccccc2I)C1O. The minimum absolute atomic E-state index is 0.0257. The van der Waals surface area contributed by atoms with Crippen molar-refractivity contribution in [3.63, 3.8) is 0 Å². The Labute approximate surface area is 204 Å². The fraction of sp³-hybridized carbons (Fsp3) is 0.583. The van der Waals surface area contributed by atoms with E-state index in [4.69, 9.17) is 9.84 Å². The third kappa shape index (κ3) is 7.45. The number of halogens is 1. The number of para-hydroxylation sites is 1. The molecule has 3 N–H and O–H groups in total. The largest absolute Gasteiger partial charge is 0.482 e. The molecule has 0 aliphatic heterocycles. The second kappa shape index (κ2) is 13.2. The smallest absolute Gasteiger partial charge is 0.247 e. The number of aliphatic hydroxyl groups excluding tert-OH is 2. The Bertz CT molecular complexity index is 798. The topological polar surface area (TPSA) is 99.1 Å². The summed E-state index contributed by atoms with van der Waals surface area (Å²) in [4.78, 5) is 27.4. The number of benzene rings is 1. The lowest BCUT2D eigenvalue weighted by Gasteiger charge is -2.41. The molecule has 0 bridgehead atoms. The highest BCUT2D eigenvalue weighted by atomic mass is 127. The van der Waals surface area contributed by atoms with Gasteiger partial charge >= 0.3 is 0 Å². The molecule has 8 heteroatoms. The molecule has 7 nitrogen and oxygen atoms in total. The Kier molecular flexibility index (Phi) is 10.9. The maximum absolute atomic E-state index is 13.0. The summed E-state index contributed by atoms with van der Waals surface area (Å²) in [6.07, 6.45) is 2.01. The predicted octanol–water partition coefficient (Wildman–Crippen LogP) is 2.88. The summed E-state index contributed by atoms with van der Waals surface area (Å²) in [6, 6.07) is 6.90. The molecule has 3 unspecified atom stereocenters. The second-order valence-electron chi connectivity index (χ2n) is 8.47. The average molecular weight is 558 g/mol. The molecule has 0 saturated heterocycles. The number of nitrogens with one attached hydrogen (secondary N) is 1. The lowest BCUT2D eigenvalue weighted by Crippen LogP contribution is -2.55. The van der Waals surface area contributed by atoms with Crippen molar-refractivity contribution >= 4 is 34.4 Å². The molecule has 1 aromatic carbocycles. The van der Waals surface area contributed by atoms with Crippen molar-refractivity contribution in [3.05, 3.63) is 39.5 Å². The number of rotatable bonds is 11. The maximum atomic E-state index is 13.0. The van der Waals surface area contributed by atoms with Crippen LogP contribution in [0.25, 0.3) is 0 Å². The molecule has 0 saturated carbocycles. The summed E-state index contributed by atoms with van der Waals surface area (Å²) in [6.45, 7) is 6.62. The molecular weight excluding hydrogens is 523 g/mol. The summed E-state index contributed by atoms with van der Waals surface area (Å²) in [5.41, 5.74) is 0.448. The number of carbonyl (C=O) groups excluding carboxylic acids is 2. The van der Waals surface area contributed by atoms with Gasteiger partial charge in [-0.1, -0.05) is 32.9 Å². The van der Waals surface area contributed by atoms with E-state index in [1.807, 2.05) is 31.2 Å². The number of aliphatic hydroxyl groups is 2. The standard InChI is InChI=1S/C24H35IN2O5/c1-4-7-22(29)27(12-10-16(2)3)19-14-17(24(31)26-11-13-28)15-21(23(19)30)32-20-9-6-5-8-18(20)25/h5-6,8-9,15-16,19,21,23,28,30H,4,7,10-14H2,1-3H3,(H,26,31). The van der Waals surface area contributed by atoms with Crippen LogP contribution in [0.3, 0.4) is 0 Å². The van der Waals surface area contributed by atoms with E-state index in [1.54, 1.807) is 11.0 Å². The van der Waals surface area contributed by atoms with Gasteiger partial charge in [0.2, 0.25) is 11.8 Å². The van der Waals surface area contributed by atoms with Crippen LogP contribution in [0.1, 0.15) is 46.5 Å². The number of ether oxygens (including phenoxy) is 1. The Morgan fingerprint density at radius 3 is 2.66 bits per heavy atom. The van der Waals surface area contributed by atoms with E-state index in [1.165, 1.54) is 0 Å². The second-order valence-corrected chi connectivity index (χ2v) is 9.63. The van der Waals surface area contributed by atoms with Crippen LogP contribution >= 0.6 is 22.6 Å². The van der Waals surface area contributed by atoms with Crippen molar-refractivity contribution in [1.29, 1.82) is 0 Å². The zero-order chi connectivity index (χ0) is 23.7. The highest BCUT2D eigenvalue weighted by molar-refractivity contribution is 14.1. The number of hydrogen-bond acceptors (Lipinski definition) is 5. The third-order valence-corrected chi connectivity index (χ3v) is 6.34. The van der Waals surface area contributed by atoms with Crippen LogP contribution < -0.4 is 10.1 Å². The van der Waals surface area contributed by atoms with Crippen molar-refractivity contribution < 1.29 is 24.5 Å². The van der Waals surface area contributed by atoms with Crippen molar-refractivity contribution in [2.45, 2.75) is 64.7 Å². The quantitative estimate of drug-likeness (QED) is 0.363. The van der Waals surface area contributed by atoms with Gasteiger partial charge in [0.1, 0.15) is 18.0 Å². The van der Waals surface area contributed by atoms with Crippen molar-refractivity contribution in [1.82, 2.24) is 10.2 Å². The first kappa shape index (κ1) is 26.6. The molecule has 0 spiro atoms. The molecule has 1 aromatic rings. The zero-order valence-corrected chi connectivity index (χ0v) is 21.2. The Balaban J connectivity index is 2.37. The van der Waals surface area contributed by atoms with E-state index in [9.17, 15) is 14.7 Å². The lowest BCUT2D eigenvalue weighted by molar-refractivity contribution is -0.138. The van der Waals surface area contributed by atoms with Gasteiger partial charge in [-0.3, -0.25) is 9.59 Å². The Morgan fingerprint density at radius 2 is 2.03 bits per heavy atom. The molecule has 0 fully saturated rings. The Hall–Kier alpha value is -1.65. The normalized spacial score (nSPS) is 20.6. The summed E-state index contributed by atoms with van der Waals surface area (Å²) in [5.74, 6) is 0.660. The predicted molar refractivity (Wildman–Crippen MR) is 132 cm³/mol. The van der Waals surface area contributed by atoms with Gasteiger partial charge in [0.05, 0.1) is 16.2 Å². The maximum Gasteiger partial charge on any atom is 0.247 e. The van der Waals surface area contributed by atoms with Crippen LogP contribution in [-0.4, -0.2) is 64.9 Å². The van der Waals surface area contributed by atoms with Gasteiger partial charge in [-0.25, -0.2) is 0 Å². The van der Waals surface area contributed by atoms with Crippen molar-refractivity contribution in [2.75, 3.05) is 19.7 Å². The molecule has 1 aliphatic carbocycles. The molecule has 2 rings (SSSR count). The highest BCUT2D eigenvalue weighted by Gasteiger charge is 2.40. The fourth-order valence-corrected chi connectivity index (χ4v) is 4.21. The Morgan fingerprint density at radius 1 is 1.31 bits per heavy atom. The van der Waals surface area contributed by atoms with E-state index < -0.39 is 18.2 Å². The molecule has 178 valence electrons. The molecule has 0 heterocycles. The third-order valence-electron chi connectivity index (χ3n) is 5.45. The van der Waals surface area contributed by atoms with Gasteiger partial charge in [-0.05, 0) is 59.6 Å². The summed E-state index contributed by atoms with van der Waals surface area (Å²) in [5, 5.41) is 23.0. The van der Waals surface area contributed by atoms with E-state index in [0.29, 0.717) is 36.6 Å². The van der Waals surface area contributed by atoms with Crippen LogP contribution in [0.5, 0.6) is 5.75 Å². The minimum Gasteiger partial charge on any atom is -0.482 e. The number of nitrogens with zero attached hydrogens (tertiary/aromatic N) is 1. The molecule has 2 amide bonds. The summed E-state index contributed by atoms with van der Waals surface area (Å²) in [7, 11) is 0. The fourth-order valence-electron chi connectivity index (χ4n) is 3.70. The minimum atomic E-state index is -0.978. The first-order chi connectivity index (χ1) is 15.3. The van der Waals surface area contributed by atoms with Crippen LogP contribution in [0.15, 0.2) is 35.9 Å². The van der Waals surface area contributed by atoms with E-state index in [2.05, 4.69) is 41.8 Å². The first-order valence-corrected chi connectivity index (χ1v) is 12.3. The molecular formula is C24H35IN2O5. The highest BCUT2D eigenvalue weighted by Crippen LogP contribution is 2.30. The van der Waals surface area contributed by atoms with E-state index >= 15 is 0 Å². The van der Waals surface area contributed by atoms with Gasteiger partial charge in [-0.15, -0.1) is 0 Å². The van der Waals surface area contributed by atoms with Gasteiger partial charge in [0.25, 0.3) is 0 Å². The lowest BCUT2D eigenvalue weighted by atomic mass is 9.87. The van der Waals surface area contributed by atoms with Crippen LogP contribution in [-0.2, 0) is 9.59 Å². The first-order valence-electron chi connectivity index (χ1n) is 11.3. The van der Waals surface area contributed by atoms with Gasteiger partial charge in [-0.2, -0.15) is 0 Å². The summed E-state index contributed by atoms with van der Waals surface area (Å²) < 4.78 is 7.01. The summed E-state index contributed by atoms with van der Waals surface area (Å²) >= 11 is 2.16. The van der Waals surface area contributed by atoms with Gasteiger partial charge in [0, 0.05) is 31.5 Å². The number of amides is 2. The number of carbonyl (C=O) groups is 2. The zero-order valence-electron chi connectivity index (χ0n) is 19.1. The van der Waals surface area contributed by atoms with E-state index in [0.717, 1.165) is 9.99 Å². The van der Waals surface area contributed by atoms with Crippen LogP contribution in [0.4, 0.5) is 0 Å². The van der Waals surface area contributed by atoms with Gasteiger partial charge < -0.3 is 25.2 Å². The number of hydrogen-bond donors (Lipinski definition) is 3. The monoisotopic (exact) mass is 558 g/mol. The molecule has 3 atom stereocenters. The van der Waals surface area contributed by atoms with E-state index in [-0.39, 0.29) is 31.4 Å². The average Bonchev–Trinajstić information content (AvgIpc) is 2.75. The molecule has 32 heavy (non-hydrogen) atoms.